The number of nitrogens with one attached hydrogen (secondary N) is 1. The van der Waals surface area contributed by atoms with Crippen molar-refractivity contribution in [2.75, 3.05) is 18.4 Å². The topological polar surface area (TPSA) is 81.9 Å². The summed E-state index contributed by atoms with van der Waals surface area (Å²) in [5, 5.41) is 17.4. The maximum absolute atomic E-state index is 9.04. The number of carboxylic acid groups (broad SMARTS) is 2. The van der Waals surface area contributed by atoms with E-state index < -0.39 is 11.9 Å². The summed E-state index contributed by atoms with van der Waals surface area (Å²) >= 11 is 7.08. The summed E-state index contributed by atoms with van der Waals surface area (Å²) in [4.78, 5) is 19.7. The number of hydrogen-bond acceptors (Lipinski definition) is 3. The van der Waals surface area contributed by atoms with E-state index in [2.05, 4.69) is 63.0 Å². The van der Waals surface area contributed by atoms with E-state index in [0.717, 1.165) is 11.9 Å². The quantitative estimate of drug-likeness (QED) is 0.513. The maximum Gasteiger partial charge on any atom is 0.351 e. The third-order valence-corrected chi connectivity index (χ3v) is 4.07. The average molecular weight is 425 g/mol. The van der Waals surface area contributed by atoms with Crippen molar-refractivity contribution in [1.29, 1.82) is 0 Å². The molecule has 0 aliphatic carbocycles. The van der Waals surface area contributed by atoms with Gasteiger partial charge in [-0.05, 0) is 13.0 Å². The molecule has 0 radical (unpaired) electrons. The van der Waals surface area contributed by atoms with Gasteiger partial charge in [-0.1, -0.05) is 50.1 Å². The first kappa shape index (κ1) is 20.1. The number of hydrogen-bond donors (Lipinski definition) is 2. The molecule has 21 heavy (non-hydrogen) atoms. The van der Waals surface area contributed by atoms with Crippen LogP contribution in [0.1, 0.15) is 18.9 Å². The molecule has 0 heterocycles. The summed E-state index contributed by atoms with van der Waals surface area (Å²) in [7, 11) is 0. The van der Waals surface area contributed by atoms with Crippen molar-refractivity contribution in [2.24, 2.45) is 0 Å². The lowest BCUT2D eigenvalue weighted by molar-refractivity contribution is -0.912. The zero-order chi connectivity index (χ0) is 16.3. The van der Waals surface area contributed by atoms with Crippen molar-refractivity contribution in [3.05, 3.63) is 34.3 Å². The number of alkyl halides is 1. The zero-order valence-electron chi connectivity index (χ0n) is 11.8. The smallest absolute Gasteiger partial charge is 0.351 e. The zero-order valence-corrected chi connectivity index (χ0v) is 14.9. The lowest BCUT2D eigenvalue weighted by Gasteiger charge is -2.17. The number of aliphatic carboxylic acids is 2. The monoisotopic (exact) mass is 423 g/mol. The number of benzene rings is 1. The van der Waals surface area contributed by atoms with E-state index in [-0.39, 0.29) is 0 Å². The van der Waals surface area contributed by atoms with Gasteiger partial charge >= 0.3 is 5.97 Å². The first-order chi connectivity index (χ1) is 9.92. The minimum atomic E-state index is -2.07. The highest BCUT2D eigenvalue weighted by atomic mass is 79.9. The molecule has 0 aliphatic rings. The lowest BCUT2D eigenvalue weighted by atomic mass is 10.2. The summed E-state index contributed by atoms with van der Waals surface area (Å²) in [6, 6.07) is 8.50. The first-order valence-corrected chi connectivity index (χ1v) is 8.41. The summed E-state index contributed by atoms with van der Waals surface area (Å²) in [5.41, 5.74) is 1.41. The van der Waals surface area contributed by atoms with Crippen LogP contribution in [0.15, 0.2) is 28.7 Å². The third-order valence-electron chi connectivity index (χ3n) is 2.74. The van der Waals surface area contributed by atoms with Crippen molar-refractivity contribution in [2.45, 2.75) is 19.9 Å². The van der Waals surface area contributed by atoms with Gasteiger partial charge in [-0.25, -0.2) is 4.79 Å². The number of halogens is 2. The molecule has 0 fully saturated rings. The molecule has 118 valence electrons. The fourth-order valence-corrected chi connectivity index (χ4v) is 2.32. The molecule has 0 aliphatic heterocycles. The minimum absolute atomic E-state index is 1.10. The standard InChI is InChI=1S/C12H17Br2N.C2H2O4/c1-2-15(9-5-8-13)10-11-6-3-4-7-12(11)14;3-1(4)2(5)6/h3-4,6-7H,2,5,8-10H2,1H3;(H,3,4)(H,5,6). The van der Waals surface area contributed by atoms with Gasteiger partial charge in [0.25, 0.3) is 0 Å². The van der Waals surface area contributed by atoms with Crippen LogP contribution in [0.5, 0.6) is 0 Å². The maximum atomic E-state index is 9.04. The highest BCUT2D eigenvalue weighted by Gasteiger charge is 2.08. The van der Waals surface area contributed by atoms with Crippen LogP contribution < -0.4 is 10.0 Å². The van der Waals surface area contributed by atoms with Gasteiger partial charge in [-0.2, -0.15) is 0 Å². The Labute approximate surface area is 141 Å². The molecule has 0 saturated heterocycles. The Kier molecular flexibility index (Phi) is 11.2. The predicted octanol–water partition coefficient (Wildman–Crippen LogP) is 0.460. The van der Waals surface area contributed by atoms with Crippen LogP contribution in [-0.4, -0.2) is 35.5 Å². The van der Waals surface area contributed by atoms with Crippen molar-refractivity contribution >= 4 is 43.8 Å². The van der Waals surface area contributed by atoms with Gasteiger partial charge in [-0.3, -0.25) is 0 Å². The largest absolute Gasteiger partial charge is 0.539 e. The average Bonchev–Trinajstić information content (AvgIpc) is 2.46. The molecule has 0 spiro atoms. The van der Waals surface area contributed by atoms with E-state index >= 15 is 0 Å². The molecule has 1 atom stereocenters. The highest BCUT2D eigenvalue weighted by molar-refractivity contribution is 9.10. The van der Waals surface area contributed by atoms with Crippen molar-refractivity contribution in [1.82, 2.24) is 0 Å². The molecule has 0 bridgehead atoms. The Bertz CT molecular complexity index is 442. The summed E-state index contributed by atoms with van der Waals surface area (Å²) in [6.07, 6.45) is 1.24. The molecule has 1 aromatic rings. The molecular weight excluding hydrogens is 406 g/mol. The van der Waals surface area contributed by atoms with Crippen molar-refractivity contribution < 1.29 is 24.7 Å². The van der Waals surface area contributed by atoms with Gasteiger partial charge in [0.05, 0.1) is 13.1 Å². The molecule has 5 nitrogen and oxygen atoms in total. The number of rotatable bonds is 6. The van der Waals surface area contributed by atoms with Gasteiger partial charge in [0.1, 0.15) is 6.54 Å². The van der Waals surface area contributed by atoms with Crippen LogP contribution >= 0.6 is 31.9 Å². The number of carbonyl (C=O) groups is 2. The number of quaternary nitrogens is 1. The lowest BCUT2D eigenvalue weighted by Crippen LogP contribution is -3.10. The highest BCUT2D eigenvalue weighted by Crippen LogP contribution is 2.14. The fraction of sp³-hybridized carbons (Fsp3) is 0.429. The van der Waals surface area contributed by atoms with Crippen LogP contribution in [0.25, 0.3) is 0 Å². The number of carboxylic acids is 2. The molecule has 1 unspecified atom stereocenters. The van der Waals surface area contributed by atoms with E-state index in [4.69, 9.17) is 19.8 Å². The Morgan fingerprint density at radius 1 is 1.33 bits per heavy atom. The SMILES string of the molecule is CC[NH+](CCCBr)Cc1ccccc1Br.O=C([O-])C(=O)O. The second-order valence-corrected chi connectivity index (χ2v) is 5.90. The molecule has 1 rings (SSSR count). The van der Waals surface area contributed by atoms with Gasteiger partial charge in [0, 0.05) is 21.8 Å². The van der Waals surface area contributed by atoms with Crippen LogP contribution in [0.3, 0.4) is 0 Å². The Morgan fingerprint density at radius 3 is 2.33 bits per heavy atom. The molecule has 0 aromatic heterocycles. The normalized spacial score (nSPS) is 11.2. The third kappa shape index (κ3) is 9.60. The van der Waals surface area contributed by atoms with Gasteiger partial charge in [0.2, 0.25) is 0 Å². The Morgan fingerprint density at radius 2 is 1.90 bits per heavy atom. The van der Waals surface area contributed by atoms with Crippen molar-refractivity contribution in [3.8, 4) is 0 Å². The van der Waals surface area contributed by atoms with E-state index in [9.17, 15) is 0 Å². The van der Waals surface area contributed by atoms with E-state index in [1.165, 1.54) is 29.5 Å². The first-order valence-electron chi connectivity index (χ1n) is 6.49. The van der Waals surface area contributed by atoms with Crippen LogP contribution in [0.2, 0.25) is 0 Å². The number of carbonyl (C=O) groups excluding carboxylic acids is 1. The molecule has 0 amide bonds. The summed E-state index contributed by atoms with van der Waals surface area (Å²) in [6.45, 7) is 5.79. The molecule has 1 aromatic carbocycles. The summed E-state index contributed by atoms with van der Waals surface area (Å²) < 4.78 is 1.23. The molecule has 7 heteroatoms. The van der Waals surface area contributed by atoms with E-state index in [1.807, 2.05) is 0 Å². The second-order valence-electron chi connectivity index (χ2n) is 4.26. The van der Waals surface area contributed by atoms with Gasteiger partial charge in [-0.15, -0.1) is 0 Å². The van der Waals surface area contributed by atoms with E-state index in [1.54, 1.807) is 4.90 Å². The van der Waals surface area contributed by atoms with Crippen LogP contribution in [-0.2, 0) is 16.1 Å². The van der Waals surface area contributed by atoms with Gasteiger partial charge < -0.3 is 19.9 Å². The Balaban J connectivity index is 0.000000567. The van der Waals surface area contributed by atoms with Crippen LogP contribution in [0.4, 0.5) is 0 Å². The predicted molar refractivity (Wildman–Crippen MR) is 85.3 cm³/mol. The van der Waals surface area contributed by atoms with Crippen LogP contribution in [0, 0.1) is 0 Å². The summed E-state index contributed by atoms with van der Waals surface area (Å²) in [5.74, 6) is -4.01. The minimum Gasteiger partial charge on any atom is -0.539 e. The second kappa shape index (κ2) is 11.7. The Hall–Kier alpha value is -0.920. The molecule has 0 saturated carbocycles. The molecular formula is C14H19Br2NO4. The fourth-order valence-electron chi connectivity index (χ4n) is 1.62. The van der Waals surface area contributed by atoms with Gasteiger partial charge in [0.15, 0.2) is 5.97 Å². The van der Waals surface area contributed by atoms with E-state index in [0.29, 0.717) is 0 Å². The molecule has 2 N–H and O–H groups in total. The van der Waals surface area contributed by atoms with Crippen molar-refractivity contribution in [3.63, 3.8) is 0 Å².